The normalized spacial score (nSPS) is 11.1. The molecule has 9 heteroatoms. The molecule has 0 saturated carbocycles. The van der Waals surface area contributed by atoms with Crippen molar-refractivity contribution in [1.29, 1.82) is 0 Å². The molecule has 0 fully saturated rings. The van der Waals surface area contributed by atoms with Gasteiger partial charge in [0.1, 0.15) is 0 Å². The Morgan fingerprint density at radius 3 is 2.77 bits per heavy atom. The molecular formula is C13H15N5O3S. The number of carbonyl (C=O) groups is 1. The predicted molar refractivity (Wildman–Crippen MR) is 81.5 cm³/mol. The van der Waals surface area contributed by atoms with Crippen LogP contribution in [0.3, 0.4) is 0 Å². The van der Waals surface area contributed by atoms with Gasteiger partial charge in [-0.05, 0) is 22.6 Å². The number of hydrogen-bond acceptors (Lipinski definition) is 6. The number of amides is 1. The number of aromatic nitrogens is 4. The maximum Gasteiger partial charge on any atom is 0.225 e. The molecule has 2 rings (SSSR count). The van der Waals surface area contributed by atoms with Gasteiger partial charge in [0, 0.05) is 24.4 Å². The van der Waals surface area contributed by atoms with Gasteiger partial charge in [-0.3, -0.25) is 4.79 Å². The molecule has 1 amide bonds. The smallest absolute Gasteiger partial charge is 0.225 e. The van der Waals surface area contributed by atoms with Crippen molar-refractivity contribution in [2.75, 3.05) is 11.1 Å². The van der Waals surface area contributed by atoms with E-state index in [4.69, 9.17) is 0 Å². The van der Waals surface area contributed by atoms with Crippen LogP contribution < -0.4 is 5.32 Å². The van der Waals surface area contributed by atoms with Crippen LogP contribution >= 0.6 is 0 Å². The molecule has 0 aliphatic rings. The molecule has 0 spiro atoms. The Morgan fingerprint density at radius 1 is 1.41 bits per heavy atom. The highest BCUT2D eigenvalue weighted by atomic mass is 32.2. The largest absolute Gasteiger partial charge is 0.325 e. The summed E-state index contributed by atoms with van der Waals surface area (Å²) in [5, 5.41) is 14.7. The van der Waals surface area contributed by atoms with Crippen LogP contribution in [-0.2, 0) is 21.7 Å². The second kappa shape index (κ2) is 6.48. The van der Waals surface area contributed by atoms with Gasteiger partial charge in [-0.15, -0.1) is 5.10 Å². The standard InChI is InChI=1S/C13H15N5O3S/c1-3-22(20,21)9-8-12(19)14-11-7-5-4-6-10(11)13-15-16-17-18(13)2/h3-7H,1,8-9H2,2H3,(H,14,19). The number of hydrogen-bond donors (Lipinski definition) is 1. The van der Waals surface area contributed by atoms with Gasteiger partial charge in [-0.2, -0.15) is 0 Å². The number of para-hydroxylation sites is 1. The minimum Gasteiger partial charge on any atom is -0.325 e. The first-order chi connectivity index (χ1) is 10.4. The Morgan fingerprint density at radius 2 is 2.14 bits per heavy atom. The molecule has 0 radical (unpaired) electrons. The summed E-state index contributed by atoms with van der Waals surface area (Å²) >= 11 is 0. The van der Waals surface area contributed by atoms with E-state index in [1.807, 2.05) is 0 Å². The summed E-state index contributed by atoms with van der Waals surface area (Å²) in [4.78, 5) is 11.9. The minimum atomic E-state index is -3.40. The summed E-state index contributed by atoms with van der Waals surface area (Å²) in [6.07, 6.45) is -0.153. The van der Waals surface area contributed by atoms with Gasteiger partial charge < -0.3 is 5.32 Å². The van der Waals surface area contributed by atoms with E-state index in [1.54, 1.807) is 31.3 Å². The number of nitrogens with zero attached hydrogens (tertiary/aromatic N) is 4. The van der Waals surface area contributed by atoms with Crippen LogP contribution in [0.5, 0.6) is 0 Å². The second-order valence-corrected chi connectivity index (χ2v) is 6.57. The Labute approximate surface area is 127 Å². The Balaban J connectivity index is 2.16. The van der Waals surface area contributed by atoms with Crippen molar-refractivity contribution in [3.05, 3.63) is 36.3 Å². The average molecular weight is 321 g/mol. The Bertz CT molecular complexity index is 798. The predicted octanol–water partition coefficient (Wildman–Crippen LogP) is 0.764. The Hall–Kier alpha value is -2.55. The molecule has 1 aromatic heterocycles. The first-order valence-corrected chi connectivity index (χ1v) is 8.11. The first kappa shape index (κ1) is 15.8. The lowest BCUT2D eigenvalue weighted by Gasteiger charge is -2.09. The summed E-state index contributed by atoms with van der Waals surface area (Å²) in [6, 6.07) is 7.01. The summed E-state index contributed by atoms with van der Waals surface area (Å²) in [5.74, 6) is -0.196. The second-order valence-electron chi connectivity index (χ2n) is 4.50. The lowest BCUT2D eigenvalue weighted by Crippen LogP contribution is -2.16. The Kier molecular flexibility index (Phi) is 4.66. The molecule has 0 aliphatic heterocycles. The number of tetrazole rings is 1. The molecular weight excluding hydrogens is 306 g/mol. The fourth-order valence-corrected chi connectivity index (χ4v) is 2.41. The van der Waals surface area contributed by atoms with Gasteiger partial charge in [0.15, 0.2) is 15.7 Å². The summed E-state index contributed by atoms with van der Waals surface area (Å²) < 4.78 is 24.1. The lowest BCUT2D eigenvalue weighted by molar-refractivity contribution is -0.115. The number of rotatable bonds is 6. The third-order valence-electron chi connectivity index (χ3n) is 2.93. The van der Waals surface area contributed by atoms with Crippen LogP contribution in [0, 0.1) is 0 Å². The molecule has 0 unspecified atom stereocenters. The third kappa shape index (κ3) is 3.76. The van der Waals surface area contributed by atoms with Crippen molar-refractivity contribution in [2.45, 2.75) is 6.42 Å². The van der Waals surface area contributed by atoms with Crippen molar-refractivity contribution in [3.8, 4) is 11.4 Å². The van der Waals surface area contributed by atoms with Gasteiger partial charge >= 0.3 is 0 Å². The fraction of sp³-hybridized carbons (Fsp3) is 0.231. The van der Waals surface area contributed by atoms with Crippen LogP contribution in [0.15, 0.2) is 36.3 Å². The van der Waals surface area contributed by atoms with Gasteiger partial charge in [-0.1, -0.05) is 18.7 Å². The number of nitrogens with one attached hydrogen (secondary N) is 1. The highest BCUT2D eigenvalue weighted by Gasteiger charge is 2.14. The molecule has 1 N–H and O–H groups in total. The monoisotopic (exact) mass is 321 g/mol. The third-order valence-corrected chi connectivity index (χ3v) is 4.21. The molecule has 0 saturated heterocycles. The zero-order chi connectivity index (χ0) is 16.2. The van der Waals surface area contributed by atoms with Gasteiger partial charge in [0.2, 0.25) is 5.91 Å². The topological polar surface area (TPSA) is 107 Å². The molecule has 1 aromatic carbocycles. The molecule has 0 aliphatic carbocycles. The van der Waals surface area contributed by atoms with Crippen LogP contribution in [-0.4, -0.2) is 40.3 Å². The fourth-order valence-electron chi connectivity index (χ4n) is 1.78. The summed E-state index contributed by atoms with van der Waals surface area (Å²) in [5.41, 5.74) is 1.16. The van der Waals surface area contributed by atoms with E-state index in [2.05, 4.69) is 27.4 Å². The number of sulfone groups is 1. The van der Waals surface area contributed by atoms with E-state index < -0.39 is 15.7 Å². The molecule has 1 heterocycles. The average Bonchev–Trinajstić information content (AvgIpc) is 2.92. The van der Waals surface area contributed by atoms with E-state index in [1.165, 1.54) is 4.68 Å². The number of benzene rings is 1. The number of aryl methyl sites for hydroxylation is 1. The summed E-state index contributed by atoms with van der Waals surface area (Å²) in [7, 11) is -1.72. The van der Waals surface area contributed by atoms with Crippen LogP contribution in [0.4, 0.5) is 5.69 Å². The van der Waals surface area contributed by atoms with Crippen molar-refractivity contribution in [3.63, 3.8) is 0 Å². The number of anilines is 1. The molecule has 116 valence electrons. The molecule has 0 atom stereocenters. The lowest BCUT2D eigenvalue weighted by atomic mass is 10.1. The molecule has 0 bridgehead atoms. The summed E-state index contributed by atoms with van der Waals surface area (Å²) in [6.45, 7) is 3.21. The van der Waals surface area contributed by atoms with E-state index in [-0.39, 0.29) is 12.2 Å². The van der Waals surface area contributed by atoms with Crippen molar-refractivity contribution in [1.82, 2.24) is 20.2 Å². The maximum absolute atomic E-state index is 11.9. The van der Waals surface area contributed by atoms with E-state index in [9.17, 15) is 13.2 Å². The van der Waals surface area contributed by atoms with Crippen molar-refractivity contribution in [2.24, 2.45) is 7.05 Å². The van der Waals surface area contributed by atoms with E-state index in [0.717, 1.165) is 5.41 Å². The minimum absolute atomic E-state index is 0.153. The number of carbonyl (C=O) groups excluding carboxylic acids is 1. The maximum atomic E-state index is 11.9. The van der Waals surface area contributed by atoms with Crippen molar-refractivity contribution < 1.29 is 13.2 Å². The van der Waals surface area contributed by atoms with E-state index >= 15 is 0 Å². The quantitative estimate of drug-likeness (QED) is 0.842. The zero-order valence-electron chi connectivity index (χ0n) is 11.9. The van der Waals surface area contributed by atoms with Crippen LogP contribution in [0.2, 0.25) is 0 Å². The zero-order valence-corrected chi connectivity index (χ0v) is 12.7. The van der Waals surface area contributed by atoms with Gasteiger partial charge in [-0.25, -0.2) is 13.1 Å². The SMILES string of the molecule is C=CS(=O)(=O)CCC(=O)Nc1ccccc1-c1nnnn1C. The highest BCUT2D eigenvalue weighted by Crippen LogP contribution is 2.25. The van der Waals surface area contributed by atoms with Gasteiger partial charge in [0.25, 0.3) is 0 Å². The van der Waals surface area contributed by atoms with Gasteiger partial charge in [0.05, 0.1) is 11.4 Å². The molecule has 8 nitrogen and oxygen atoms in total. The van der Waals surface area contributed by atoms with E-state index in [0.29, 0.717) is 17.1 Å². The molecule has 2 aromatic rings. The molecule has 22 heavy (non-hydrogen) atoms. The first-order valence-electron chi connectivity index (χ1n) is 6.40. The van der Waals surface area contributed by atoms with Crippen molar-refractivity contribution >= 4 is 21.4 Å². The van der Waals surface area contributed by atoms with Crippen LogP contribution in [0.1, 0.15) is 6.42 Å². The highest BCUT2D eigenvalue weighted by molar-refractivity contribution is 7.94. The van der Waals surface area contributed by atoms with Crippen LogP contribution in [0.25, 0.3) is 11.4 Å².